The van der Waals surface area contributed by atoms with Gasteiger partial charge in [0.2, 0.25) is 5.28 Å². The maximum absolute atomic E-state index is 5.99. The molecule has 0 saturated heterocycles. The third-order valence-corrected chi connectivity index (χ3v) is 4.59. The Hall–Kier alpha value is -2.39. The second kappa shape index (κ2) is 5.91. The smallest absolute Gasteiger partial charge is 0.222 e. The average Bonchev–Trinajstić information content (AvgIpc) is 2.87. The molecule has 4 aromatic rings. The van der Waals surface area contributed by atoms with Crippen LogP contribution in [0.4, 0.5) is 0 Å². The van der Waals surface area contributed by atoms with Crippen LogP contribution in [0.2, 0.25) is 5.28 Å². The molecular formula is C20H18ClN3. The molecule has 0 saturated carbocycles. The van der Waals surface area contributed by atoms with E-state index in [1.165, 1.54) is 27.4 Å². The monoisotopic (exact) mass is 335 g/mol. The third kappa shape index (κ3) is 2.55. The molecule has 0 aliphatic rings. The van der Waals surface area contributed by atoms with Gasteiger partial charge in [-0.3, -0.25) is 0 Å². The highest BCUT2D eigenvalue weighted by molar-refractivity contribution is 6.28. The van der Waals surface area contributed by atoms with E-state index >= 15 is 0 Å². The van der Waals surface area contributed by atoms with E-state index in [0.717, 1.165) is 24.4 Å². The summed E-state index contributed by atoms with van der Waals surface area (Å²) in [6.45, 7) is 5.09. The molecule has 3 nitrogen and oxygen atoms in total. The van der Waals surface area contributed by atoms with Crippen LogP contribution >= 0.6 is 11.6 Å². The molecule has 4 heteroatoms. The zero-order valence-electron chi connectivity index (χ0n) is 13.8. The molecule has 120 valence electrons. The number of aromatic nitrogens is 3. The molecule has 4 rings (SSSR count). The van der Waals surface area contributed by atoms with Crippen molar-refractivity contribution in [3.8, 4) is 0 Å². The summed E-state index contributed by atoms with van der Waals surface area (Å²) in [4.78, 5) is 8.47. The predicted octanol–water partition coefficient (Wildman–Crippen LogP) is 5.16. The van der Waals surface area contributed by atoms with Crippen molar-refractivity contribution in [2.24, 2.45) is 0 Å². The van der Waals surface area contributed by atoms with Crippen molar-refractivity contribution in [2.75, 3.05) is 0 Å². The van der Waals surface area contributed by atoms with E-state index in [-0.39, 0.29) is 0 Å². The minimum atomic E-state index is 0.314. The van der Waals surface area contributed by atoms with Crippen molar-refractivity contribution >= 4 is 33.4 Å². The fourth-order valence-corrected chi connectivity index (χ4v) is 3.69. The maximum Gasteiger partial charge on any atom is 0.222 e. The van der Waals surface area contributed by atoms with Crippen molar-refractivity contribution in [1.29, 1.82) is 0 Å². The van der Waals surface area contributed by atoms with Crippen LogP contribution in [0, 0.1) is 6.92 Å². The lowest BCUT2D eigenvalue weighted by Gasteiger charge is -2.05. The Morgan fingerprint density at radius 3 is 2.54 bits per heavy atom. The fraction of sp³-hybridized carbons (Fsp3) is 0.200. The highest BCUT2D eigenvalue weighted by atomic mass is 35.5. The van der Waals surface area contributed by atoms with E-state index in [9.17, 15) is 0 Å². The van der Waals surface area contributed by atoms with Gasteiger partial charge in [-0.1, -0.05) is 24.3 Å². The molecule has 0 radical (unpaired) electrons. The van der Waals surface area contributed by atoms with Crippen molar-refractivity contribution < 1.29 is 0 Å². The number of para-hydroxylation sites is 1. The number of benzene rings is 2. The lowest BCUT2D eigenvalue weighted by molar-refractivity contribution is 0.827. The molecule has 2 aromatic heterocycles. The summed E-state index contributed by atoms with van der Waals surface area (Å²) in [5.74, 6) is 0. The largest absolute Gasteiger partial charge is 0.341 e. The van der Waals surface area contributed by atoms with Crippen molar-refractivity contribution in [2.45, 2.75) is 26.8 Å². The standard InChI is InChI=1S/C20H18ClN3/c1-3-24-18-7-5-4-6-16(18)17-12-14(8-9-19(17)24)11-15-10-13(2)22-20(21)23-15/h4-10,12H,3,11H2,1-2H3. The first-order chi connectivity index (χ1) is 11.7. The van der Waals surface area contributed by atoms with Gasteiger partial charge in [-0.25, -0.2) is 9.97 Å². The summed E-state index contributed by atoms with van der Waals surface area (Å²) in [7, 11) is 0. The van der Waals surface area contributed by atoms with Crippen LogP contribution in [0.1, 0.15) is 23.9 Å². The highest BCUT2D eigenvalue weighted by Gasteiger charge is 2.10. The van der Waals surface area contributed by atoms with E-state index in [1.54, 1.807) is 0 Å². The molecule has 2 heterocycles. The zero-order valence-corrected chi connectivity index (χ0v) is 14.5. The van der Waals surface area contributed by atoms with Gasteiger partial charge in [-0.2, -0.15) is 0 Å². The van der Waals surface area contributed by atoms with Crippen LogP contribution in [-0.2, 0) is 13.0 Å². The van der Waals surface area contributed by atoms with Gasteiger partial charge in [0.15, 0.2) is 0 Å². The summed E-state index contributed by atoms with van der Waals surface area (Å²) < 4.78 is 2.36. The Morgan fingerprint density at radius 1 is 0.958 bits per heavy atom. The quantitative estimate of drug-likeness (QED) is 0.484. The van der Waals surface area contributed by atoms with Gasteiger partial charge in [0.1, 0.15) is 0 Å². The van der Waals surface area contributed by atoms with Gasteiger partial charge in [0.25, 0.3) is 0 Å². The molecule has 0 aliphatic heterocycles. The van der Waals surface area contributed by atoms with Gasteiger partial charge >= 0.3 is 0 Å². The first-order valence-electron chi connectivity index (χ1n) is 8.15. The van der Waals surface area contributed by atoms with Gasteiger partial charge < -0.3 is 4.57 Å². The Bertz CT molecular complexity index is 1030. The van der Waals surface area contributed by atoms with E-state index in [4.69, 9.17) is 11.6 Å². The molecular weight excluding hydrogens is 318 g/mol. The molecule has 0 amide bonds. The second-order valence-electron chi connectivity index (χ2n) is 6.06. The molecule has 0 aliphatic carbocycles. The van der Waals surface area contributed by atoms with Gasteiger partial charge in [-0.05, 0) is 55.3 Å². The van der Waals surface area contributed by atoms with Crippen LogP contribution in [0.5, 0.6) is 0 Å². The number of halogens is 1. The van der Waals surface area contributed by atoms with E-state index in [1.807, 2.05) is 13.0 Å². The van der Waals surface area contributed by atoms with Crippen LogP contribution in [-0.4, -0.2) is 14.5 Å². The third-order valence-electron chi connectivity index (χ3n) is 4.42. The van der Waals surface area contributed by atoms with E-state index in [2.05, 4.69) is 63.9 Å². The molecule has 0 bridgehead atoms. The summed E-state index contributed by atoms with van der Waals surface area (Å²) >= 11 is 5.99. The molecule has 0 spiro atoms. The number of nitrogens with zero attached hydrogens (tertiary/aromatic N) is 3. The van der Waals surface area contributed by atoms with Gasteiger partial charge in [0, 0.05) is 46.2 Å². The average molecular weight is 336 g/mol. The van der Waals surface area contributed by atoms with Crippen LogP contribution in [0.3, 0.4) is 0 Å². The summed E-state index contributed by atoms with van der Waals surface area (Å²) in [6, 6.07) is 17.2. The first kappa shape index (κ1) is 15.2. The zero-order chi connectivity index (χ0) is 16.7. The number of hydrogen-bond donors (Lipinski definition) is 0. The Balaban J connectivity index is 1.85. The van der Waals surface area contributed by atoms with Gasteiger partial charge in [-0.15, -0.1) is 0 Å². The molecule has 24 heavy (non-hydrogen) atoms. The molecule has 0 atom stereocenters. The van der Waals surface area contributed by atoms with Crippen molar-refractivity contribution in [1.82, 2.24) is 14.5 Å². The lowest BCUT2D eigenvalue weighted by Crippen LogP contribution is -1.97. The second-order valence-corrected chi connectivity index (χ2v) is 6.40. The first-order valence-corrected chi connectivity index (χ1v) is 8.53. The van der Waals surface area contributed by atoms with Crippen LogP contribution < -0.4 is 0 Å². The minimum Gasteiger partial charge on any atom is -0.341 e. The number of hydrogen-bond acceptors (Lipinski definition) is 2. The lowest BCUT2D eigenvalue weighted by atomic mass is 10.1. The Morgan fingerprint density at radius 2 is 1.75 bits per heavy atom. The number of rotatable bonds is 3. The summed E-state index contributed by atoms with van der Waals surface area (Å²) in [5, 5.41) is 2.91. The van der Waals surface area contributed by atoms with Crippen molar-refractivity contribution in [3.05, 3.63) is 70.8 Å². The highest BCUT2D eigenvalue weighted by Crippen LogP contribution is 2.30. The Kier molecular flexibility index (Phi) is 3.73. The number of fused-ring (bicyclic) bond motifs is 3. The van der Waals surface area contributed by atoms with E-state index in [0.29, 0.717) is 5.28 Å². The normalized spacial score (nSPS) is 11.5. The van der Waals surface area contributed by atoms with E-state index < -0.39 is 0 Å². The molecule has 0 unspecified atom stereocenters. The molecule has 0 fully saturated rings. The van der Waals surface area contributed by atoms with Crippen LogP contribution in [0.25, 0.3) is 21.8 Å². The Labute approximate surface area is 145 Å². The van der Waals surface area contributed by atoms with Crippen LogP contribution in [0.15, 0.2) is 48.5 Å². The number of aryl methyl sites for hydroxylation is 2. The summed E-state index contributed by atoms with van der Waals surface area (Å²) in [5.41, 5.74) is 5.64. The SMILES string of the molecule is CCn1c2ccccc2c2cc(Cc3cc(C)nc(Cl)n3)ccc21. The molecule has 0 N–H and O–H groups in total. The predicted molar refractivity (Wildman–Crippen MR) is 99.7 cm³/mol. The fourth-order valence-electron chi connectivity index (χ4n) is 3.45. The minimum absolute atomic E-state index is 0.314. The summed E-state index contributed by atoms with van der Waals surface area (Å²) in [6.07, 6.45) is 0.755. The topological polar surface area (TPSA) is 30.7 Å². The van der Waals surface area contributed by atoms with Gasteiger partial charge in [0.05, 0.1) is 0 Å². The van der Waals surface area contributed by atoms with Crippen molar-refractivity contribution in [3.63, 3.8) is 0 Å². The maximum atomic E-state index is 5.99. The molecule has 2 aromatic carbocycles.